The van der Waals surface area contributed by atoms with E-state index >= 15 is 0 Å². The quantitative estimate of drug-likeness (QED) is 0.851. The van der Waals surface area contributed by atoms with Gasteiger partial charge in [0.15, 0.2) is 0 Å². The highest BCUT2D eigenvalue weighted by atomic mass is 16.7. The van der Waals surface area contributed by atoms with Crippen LogP contribution in [0.15, 0.2) is 18.2 Å². The van der Waals surface area contributed by atoms with Gasteiger partial charge in [0.1, 0.15) is 5.75 Å². The molecule has 2 aliphatic carbocycles. The summed E-state index contributed by atoms with van der Waals surface area (Å²) in [5.41, 5.74) is 9.66. The fourth-order valence-corrected chi connectivity index (χ4v) is 4.42. The number of fused-ring (bicyclic) bond motifs is 4. The fraction of sp³-hybridized carbons (Fsp3) is 0.700. The molecule has 3 atom stereocenters. The summed E-state index contributed by atoms with van der Waals surface area (Å²) in [7, 11) is 1.68. The molecule has 2 bridgehead atoms. The van der Waals surface area contributed by atoms with Gasteiger partial charge in [-0.1, -0.05) is 32.3 Å². The summed E-state index contributed by atoms with van der Waals surface area (Å²) >= 11 is 0. The lowest BCUT2D eigenvalue weighted by molar-refractivity contribution is -0.134. The number of hydrogen-bond acceptors (Lipinski definition) is 3. The molecule has 0 unspecified atom stereocenters. The van der Waals surface area contributed by atoms with Gasteiger partial charge in [0.05, 0.1) is 0 Å². The van der Waals surface area contributed by atoms with Crippen molar-refractivity contribution in [3.8, 4) is 5.75 Å². The van der Waals surface area contributed by atoms with E-state index in [2.05, 4.69) is 25.1 Å². The molecule has 23 heavy (non-hydrogen) atoms. The van der Waals surface area contributed by atoms with Crippen molar-refractivity contribution in [1.29, 1.82) is 0 Å². The van der Waals surface area contributed by atoms with Crippen molar-refractivity contribution in [2.75, 3.05) is 7.11 Å². The lowest BCUT2D eigenvalue weighted by Gasteiger charge is -2.47. The molecule has 1 aromatic carbocycles. The summed E-state index contributed by atoms with van der Waals surface area (Å²) in [5, 5.41) is 0. The predicted molar refractivity (Wildman–Crippen MR) is 93.8 cm³/mol. The standard InChI is InChI=1S/C20H31NO2/c1-19(2,22-4)23-16-10-9-14-12-15-8-6-5-7-11-20(3,18(15)21)17(14)13-16/h9-10,13,15,18H,5-8,11-12,21H2,1-4H3/t15-,18-,20+/m0/s1. The maximum atomic E-state index is 6.74. The first-order valence-corrected chi connectivity index (χ1v) is 8.99. The Bertz CT molecular complexity index is 569. The van der Waals surface area contributed by atoms with Gasteiger partial charge < -0.3 is 15.2 Å². The number of rotatable bonds is 3. The number of benzene rings is 1. The van der Waals surface area contributed by atoms with Gasteiger partial charge >= 0.3 is 0 Å². The predicted octanol–water partition coefficient (Wildman–Crippen LogP) is 4.17. The van der Waals surface area contributed by atoms with Crippen LogP contribution in [0.1, 0.15) is 64.0 Å². The summed E-state index contributed by atoms with van der Waals surface area (Å²) in [5.74, 6) is 0.884. The second-order valence-electron chi connectivity index (χ2n) is 8.03. The van der Waals surface area contributed by atoms with Crippen LogP contribution in [0.3, 0.4) is 0 Å². The van der Waals surface area contributed by atoms with Crippen molar-refractivity contribution < 1.29 is 9.47 Å². The highest BCUT2D eigenvalue weighted by molar-refractivity contribution is 5.44. The number of ether oxygens (including phenoxy) is 2. The van der Waals surface area contributed by atoms with Crippen LogP contribution in [0.5, 0.6) is 5.75 Å². The van der Waals surface area contributed by atoms with Crippen molar-refractivity contribution in [2.24, 2.45) is 11.7 Å². The molecule has 0 amide bonds. The highest BCUT2D eigenvalue weighted by Crippen LogP contribution is 2.46. The van der Waals surface area contributed by atoms with Crippen LogP contribution in [-0.4, -0.2) is 18.9 Å². The molecule has 0 aromatic heterocycles. The molecular formula is C20H31NO2. The average molecular weight is 317 g/mol. The van der Waals surface area contributed by atoms with E-state index in [1.807, 2.05) is 13.8 Å². The topological polar surface area (TPSA) is 44.5 Å². The van der Waals surface area contributed by atoms with Crippen molar-refractivity contribution in [1.82, 2.24) is 0 Å². The van der Waals surface area contributed by atoms with E-state index in [0.717, 1.165) is 12.2 Å². The van der Waals surface area contributed by atoms with Gasteiger partial charge in [-0.15, -0.1) is 0 Å². The smallest absolute Gasteiger partial charge is 0.204 e. The fourth-order valence-electron chi connectivity index (χ4n) is 4.42. The largest absolute Gasteiger partial charge is 0.463 e. The lowest BCUT2D eigenvalue weighted by atomic mass is 9.60. The van der Waals surface area contributed by atoms with Crippen molar-refractivity contribution in [2.45, 2.75) is 76.5 Å². The molecule has 0 saturated heterocycles. The van der Waals surface area contributed by atoms with E-state index in [9.17, 15) is 0 Å². The number of nitrogens with two attached hydrogens (primary N) is 1. The Kier molecular flexibility index (Phi) is 4.45. The molecule has 1 saturated carbocycles. The molecule has 128 valence electrons. The molecule has 3 heteroatoms. The molecule has 2 N–H and O–H groups in total. The third-order valence-electron chi connectivity index (χ3n) is 6.05. The maximum absolute atomic E-state index is 6.74. The van der Waals surface area contributed by atoms with Gasteiger partial charge in [-0.3, -0.25) is 0 Å². The van der Waals surface area contributed by atoms with Gasteiger partial charge in [0.2, 0.25) is 5.79 Å². The lowest BCUT2D eigenvalue weighted by Crippen LogP contribution is -2.52. The Morgan fingerprint density at radius 1 is 1.22 bits per heavy atom. The second kappa shape index (κ2) is 6.10. The Morgan fingerprint density at radius 3 is 2.74 bits per heavy atom. The Balaban J connectivity index is 1.99. The molecule has 2 aliphatic rings. The monoisotopic (exact) mass is 317 g/mol. The van der Waals surface area contributed by atoms with Gasteiger partial charge in [0, 0.05) is 32.4 Å². The summed E-state index contributed by atoms with van der Waals surface area (Å²) < 4.78 is 11.4. The zero-order chi connectivity index (χ0) is 16.7. The second-order valence-corrected chi connectivity index (χ2v) is 8.03. The Labute approximate surface area is 140 Å². The number of hydrogen-bond donors (Lipinski definition) is 1. The highest BCUT2D eigenvalue weighted by Gasteiger charge is 2.43. The van der Waals surface area contributed by atoms with Crippen LogP contribution in [0.25, 0.3) is 0 Å². The molecule has 3 nitrogen and oxygen atoms in total. The van der Waals surface area contributed by atoms with Crippen LogP contribution in [0, 0.1) is 5.92 Å². The van der Waals surface area contributed by atoms with Crippen molar-refractivity contribution in [3.05, 3.63) is 29.3 Å². The minimum atomic E-state index is -0.616. The summed E-state index contributed by atoms with van der Waals surface area (Å²) in [6, 6.07) is 6.80. The Hall–Kier alpha value is -1.06. The maximum Gasteiger partial charge on any atom is 0.204 e. The first-order chi connectivity index (χ1) is 10.9. The first-order valence-electron chi connectivity index (χ1n) is 8.99. The SMILES string of the molecule is COC(C)(C)Oc1ccc2c(c1)[C@@]1(C)CCCCC[C@@H](C2)[C@@H]1N. The molecular weight excluding hydrogens is 286 g/mol. The van der Waals surface area contributed by atoms with Crippen molar-refractivity contribution in [3.63, 3.8) is 0 Å². The van der Waals surface area contributed by atoms with Crippen LogP contribution >= 0.6 is 0 Å². The summed E-state index contributed by atoms with van der Waals surface area (Å²) in [4.78, 5) is 0. The van der Waals surface area contributed by atoms with E-state index in [1.54, 1.807) is 7.11 Å². The van der Waals surface area contributed by atoms with E-state index in [1.165, 1.54) is 43.2 Å². The van der Waals surface area contributed by atoms with E-state index in [4.69, 9.17) is 15.2 Å². The van der Waals surface area contributed by atoms with Crippen LogP contribution < -0.4 is 10.5 Å². The Morgan fingerprint density at radius 2 is 2.00 bits per heavy atom. The number of methoxy groups -OCH3 is 1. The van der Waals surface area contributed by atoms with E-state index in [0.29, 0.717) is 5.92 Å². The van der Waals surface area contributed by atoms with Crippen LogP contribution in [0.4, 0.5) is 0 Å². The first kappa shape index (κ1) is 16.8. The van der Waals surface area contributed by atoms with Gasteiger partial charge in [-0.05, 0) is 48.4 Å². The molecule has 0 heterocycles. The van der Waals surface area contributed by atoms with Crippen LogP contribution in [-0.2, 0) is 16.6 Å². The van der Waals surface area contributed by atoms with Crippen LogP contribution in [0.2, 0.25) is 0 Å². The van der Waals surface area contributed by atoms with E-state index < -0.39 is 5.79 Å². The molecule has 0 spiro atoms. The van der Waals surface area contributed by atoms with Crippen molar-refractivity contribution >= 4 is 0 Å². The zero-order valence-corrected chi connectivity index (χ0v) is 15.0. The molecule has 3 rings (SSSR count). The third-order valence-corrected chi connectivity index (χ3v) is 6.05. The molecule has 0 aliphatic heterocycles. The minimum absolute atomic E-state index is 0.0647. The average Bonchev–Trinajstić information content (AvgIpc) is 2.52. The molecule has 0 radical (unpaired) electrons. The third kappa shape index (κ3) is 3.14. The zero-order valence-electron chi connectivity index (χ0n) is 15.0. The summed E-state index contributed by atoms with van der Waals surface area (Å²) in [6.45, 7) is 6.23. The van der Waals surface area contributed by atoms with Gasteiger partial charge in [-0.2, -0.15) is 0 Å². The van der Waals surface area contributed by atoms with Gasteiger partial charge in [-0.25, -0.2) is 0 Å². The normalized spacial score (nSPS) is 31.0. The van der Waals surface area contributed by atoms with E-state index in [-0.39, 0.29) is 11.5 Å². The molecule has 1 fully saturated rings. The summed E-state index contributed by atoms with van der Waals surface area (Å²) in [6.07, 6.45) is 7.49. The van der Waals surface area contributed by atoms with Gasteiger partial charge in [0.25, 0.3) is 0 Å². The minimum Gasteiger partial charge on any atom is -0.463 e. The molecule has 1 aromatic rings.